The molecule has 0 bridgehead atoms. The molecule has 0 radical (unpaired) electrons. The number of carboxylic acids is 1. The SMILES string of the molecule is NC(=O)CCC(NC(=O)OCC(F)(F)F)C(=O)O. The topological polar surface area (TPSA) is 119 Å². The van der Waals surface area contributed by atoms with Crippen molar-refractivity contribution >= 4 is 18.0 Å². The van der Waals surface area contributed by atoms with Gasteiger partial charge in [-0.1, -0.05) is 0 Å². The predicted molar refractivity (Wildman–Crippen MR) is 50.4 cm³/mol. The summed E-state index contributed by atoms with van der Waals surface area (Å²) in [5.74, 6) is -2.31. The van der Waals surface area contributed by atoms with Gasteiger partial charge in [0.2, 0.25) is 5.91 Å². The summed E-state index contributed by atoms with van der Waals surface area (Å²) >= 11 is 0. The van der Waals surface area contributed by atoms with Gasteiger partial charge in [-0.15, -0.1) is 0 Å². The van der Waals surface area contributed by atoms with E-state index < -0.39 is 36.8 Å². The van der Waals surface area contributed by atoms with Gasteiger partial charge in [-0.2, -0.15) is 13.2 Å². The van der Waals surface area contributed by atoms with Gasteiger partial charge in [0.1, 0.15) is 6.04 Å². The Morgan fingerprint density at radius 2 is 1.89 bits per heavy atom. The lowest BCUT2D eigenvalue weighted by Gasteiger charge is -2.14. The molecule has 1 unspecified atom stereocenters. The van der Waals surface area contributed by atoms with Crippen molar-refractivity contribution in [3.63, 3.8) is 0 Å². The van der Waals surface area contributed by atoms with E-state index in [1.807, 2.05) is 0 Å². The molecule has 0 aromatic heterocycles. The standard InChI is InChI=1S/C8H11F3N2O5/c9-8(10,11)3-18-7(17)13-4(6(15)16)1-2-5(12)14/h4H,1-3H2,(H2,12,14)(H,13,17)(H,15,16). The van der Waals surface area contributed by atoms with Crippen LogP contribution in [0.3, 0.4) is 0 Å². The van der Waals surface area contributed by atoms with Crippen LogP contribution < -0.4 is 11.1 Å². The first-order chi connectivity index (χ1) is 8.11. The normalized spacial score (nSPS) is 12.6. The summed E-state index contributed by atoms with van der Waals surface area (Å²) in [6.45, 7) is -1.83. The van der Waals surface area contributed by atoms with Gasteiger partial charge in [0.25, 0.3) is 0 Å². The average Bonchev–Trinajstić information content (AvgIpc) is 2.19. The molecule has 0 saturated heterocycles. The number of carboxylic acid groups (broad SMARTS) is 1. The van der Waals surface area contributed by atoms with Crippen molar-refractivity contribution in [2.24, 2.45) is 5.73 Å². The maximum Gasteiger partial charge on any atom is 0.422 e. The number of nitrogens with one attached hydrogen (secondary N) is 1. The van der Waals surface area contributed by atoms with Crippen LogP contribution in [0.1, 0.15) is 12.8 Å². The first-order valence-corrected chi connectivity index (χ1v) is 4.63. The predicted octanol–water partition coefficient (Wildman–Crippen LogP) is -0.00640. The molecule has 0 aromatic rings. The lowest BCUT2D eigenvalue weighted by atomic mass is 10.1. The molecule has 0 heterocycles. The molecule has 10 heteroatoms. The van der Waals surface area contributed by atoms with Crippen molar-refractivity contribution in [2.45, 2.75) is 25.1 Å². The summed E-state index contributed by atoms with van der Waals surface area (Å²) in [7, 11) is 0. The average molecular weight is 272 g/mol. The second-order valence-corrected chi connectivity index (χ2v) is 3.23. The molecule has 0 aliphatic heterocycles. The zero-order chi connectivity index (χ0) is 14.3. The van der Waals surface area contributed by atoms with Crippen molar-refractivity contribution in [2.75, 3.05) is 6.61 Å². The molecule has 0 spiro atoms. The molecule has 18 heavy (non-hydrogen) atoms. The maximum atomic E-state index is 11.7. The van der Waals surface area contributed by atoms with Crippen molar-refractivity contribution in [3.8, 4) is 0 Å². The Bertz CT molecular complexity index is 331. The second kappa shape index (κ2) is 6.67. The molecule has 104 valence electrons. The molecular formula is C8H11F3N2O5. The van der Waals surface area contributed by atoms with E-state index in [0.717, 1.165) is 0 Å². The van der Waals surface area contributed by atoms with E-state index in [0.29, 0.717) is 0 Å². The Labute approximate surface area is 99.1 Å². The van der Waals surface area contributed by atoms with Gasteiger partial charge < -0.3 is 20.9 Å². The lowest BCUT2D eigenvalue weighted by molar-refractivity contribution is -0.160. The lowest BCUT2D eigenvalue weighted by Crippen LogP contribution is -2.42. The number of carbonyl (C=O) groups excluding carboxylic acids is 2. The van der Waals surface area contributed by atoms with Gasteiger partial charge >= 0.3 is 18.2 Å². The number of carbonyl (C=O) groups is 3. The highest BCUT2D eigenvalue weighted by Gasteiger charge is 2.30. The number of aliphatic carboxylic acids is 1. The minimum atomic E-state index is -4.71. The monoisotopic (exact) mass is 272 g/mol. The van der Waals surface area contributed by atoms with Crippen LogP contribution in [0, 0.1) is 0 Å². The number of alkyl carbamates (subject to hydrolysis) is 1. The van der Waals surface area contributed by atoms with Crippen LogP contribution in [-0.4, -0.2) is 41.9 Å². The third-order valence-corrected chi connectivity index (χ3v) is 1.64. The summed E-state index contributed by atoms with van der Waals surface area (Å²) in [5.41, 5.74) is 4.76. The zero-order valence-corrected chi connectivity index (χ0v) is 8.99. The van der Waals surface area contributed by atoms with E-state index in [4.69, 9.17) is 10.8 Å². The zero-order valence-electron chi connectivity index (χ0n) is 8.99. The largest absolute Gasteiger partial charge is 0.480 e. The number of alkyl halides is 3. The number of hydrogen-bond acceptors (Lipinski definition) is 4. The van der Waals surface area contributed by atoms with Crippen LogP contribution in [-0.2, 0) is 14.3 Å². The number of amides is 2. The number of hydrogen-bond donors (Lipinski definition) is 3. The Morgan fingerprint density at radius 1 is 1.33 bits per heavy atom. The molecule has 2 amide bonds. The van der Waals surface area contributed by atoms with E-state index in [2.05, 4.69) is 4.74 Å². The molecule has 7 nitrogen and oxygen atoms in total. The Balaban J connectivity index is 4.20. The van der Waals surface area contributed by atoms with E-state index in [1.165, 1.54) is 0 Å². The van der Waals surface area contributed by atoms with Crippen molar-refractivity contribution in [3.05, 3.63) is 0 Å². The van der Waals surface area contributed by atoms with E-state index in [9.17, 15) is 27.6 Å². The third kappa shape index (κ3) is 8.19. The fraction of sp³-hybridized carbons (Fsp3) is 0.625. The Kier molecular flexibility index (Phi) is 5.93. The van der Waals surface area contributed by atoms with Crippen LogP contribution >= 0.6 is 0 Å². The molecule has 0 saturated carbocycles. The first kappa shape index (κ1) is 16.0. The van der Waals surface area contributed by atoms with Crippen LogP contribution in [0.5, 0.6) is 0 Å². The van der Waals surface area contributed by atoms with Gasteiger partial charge in [-0.3, -0.25) is 4.79 Å². The number of halogens is 3. The third-order valence-electron chi connectivity index (χ3n) is 1.64. The molecule has 0 fully saturated rings. The van der Waals surface area contributed by atoms with Crippen LogP contribution in [0.2, 0.25) is 0 Å². The molecule has 0 rings (SSSR count). The van der Waals surface area contributed by atoms with Crippen LogP contribution in [0.15, 0.2) is 0 Å². The molecule has 4 N–H and O–H groups in total. The summed E-state index contributed by atoms with van der Waals surface area (Å²) in [6, 6.07) is -1.54. The summed E-state index contributed by atoms with van der Waals surface area (Å²) in [4.78, 5) is 31.8. The fourth-order valence-electron chi connectivity index (χ4n) is 0.875. The van der Waals surface area contributed by atoms with E-state index in [1.54, 1.807) is 5.32 Å². The summed E-state index contributed by atoms with van der Waals surface area (Å²) in [6.07, 6.45) is -6.92. The highest BCUT2D eigenvalue weighted by molar-refractivity contribution is 5.81. The highest BCUT2D eigenvalue weighted by Crippen LogP contribution is 2.14. The molecular weight excluding hydrogens is 261 g/mol. The Morgan fingerprint density at radius 3 is 2.28 bits per heavy atom. The van der Waals surface area contributed by atoms with Gasteiger partial charge in [-0.05, 0) is 6.42 Å². The molecule has 1 atom stereocenters. The second-order valence-electron chi connectivity index (χ2n) is 3.23. The minimum absolute atomic E-state index is 0.337. The number of primary amides is 1. The van der Waals surface area contributed by atoms with Crippen molar-refractivity contribution in [1.82, 2.24) is 5.32 Å². The van der Waals surface area contributed by atoms with Gasteiger partial charge in [0.15, 0.2) is 6.61 Å². The summed E-state index contributed by atoms with van der Waals surface area (Å²) < 4.78 is 38.8. The summed E-state index contributed by atoms with van der Waals surface area (Å²) in [5, 5.41) is 10.3. The fourth-order valence-corrected chi connectivity index (χ4v) is 0.875. The van der Waals surface area contributed by atoms with Crippen molar-refractivity contribution in [1.29, 1.82) is 0 Å². The van der Waals surface area contributed by atoms with Gasteiger partial charge in [-0.25, -0.2) is 9.59 Å². The number of nitrogens with two attached hydrogens (primary N) is 1. The van der Waals surface area contributed by atoms with Gasteiger partial charge in [0, 0.05) is 6.42 Å². The highest BCUT2D eigenvalue weighted by atomic mass is 19.4. The smallest absolute Gasteiger partial charge is 0.422 e. The van der Waals surface area contributed by atoms with Crippen LogP contribution in [0.25, 0.3) is 0 Å². The molecule has 0 aromatic carbocycles. The quantitative estimate of drug-likeness (QED) is 0.628. The van der Waals surface area contributed by atoms with Crippen molar-refractivity contribution < 1.29 is 37.4 Å². The molecule has 0 aliphatic rings. The minimum Gasteiger partial charge on any atom is -0.480 e. The first-order valence-electron chi connectivity index (χ1n) is 4.63. The number of rotatable bonds is 6. The maximum absolute atomic E-state index is 11.7. The van der Waals surface area contributed by atoms with Crippen LogP contribution in [0.4, 0.5) is 18.0 Å². The Hall–Kier alpha value is -2.00. The van der Waals surface area contributed by atoms with E-state index in [-0.39, 0.29) is 12.8 Å². The van der Waals surface area contributed by atoms with Gasteiger partial charge in [0.05, 0.1) is 0 Å². The molecule has 0 aliphatic carbocycles. The van der Waals surface area contributed by atoms with E-state index >= 15 is 0 Å². The number of ether oxygens (including phenoxy) is 1.